The van der Waals surface area contributed by atoms with Gasteiger partial charge in [0.1, 0.15) is 12.4 Å². The molecule has 1 fully saturated rings. The summed E-state index contributed by atoms with van der Waals surface area (Å²) in [7, 11) is -2.41. The van der Waals surface area contributed by atoms with Crippen LogP contribution in [0.3, 0.4) is 0 Å². The summed E-state index contributed by atoms with van der Waals surface area (Å²) in [5, 5.41) is 0.497. The molecule has 30 heavy (non-hydrogen) atoms. The van der Waals surface area contributed by atoms with Crippen LogP contribution in [0.25, 0.3) is 0 Å². The number of nitrogens with zero attached hydrogens (tertiary/aromatic N) is 2. The van der Waals surface area contributed by atoms with Crippen LogP contribution < -0.4 is 4.72 Å². The number of benzene rings is 1. The SMILES string of the molecule is COC(=O)/C=C1/SCC(=O)N1CCCOC(=O)CN=C1NS(=O)(=O)c2ccccc21. The average molecular weight is 453 g/mol. The van der Waals surface area contributed by atoms with Gasteiger partial charge in [-0.2, -0.15) is 0 Å². The predicted molar refractivity (Wildman–Crippen MR) is 108 cm³/mol. The molecule has 1 aromatic carbocycles. The molecule has 0 spiro atoms. The Bertz CT molecular complexity index is 1030. The largest absolute Gasteiger partial charge is 0.466 e. The van der Waals surface area contributed by atoms with Gasteiger partial charge >= 0.3 is 11.9 Å². The number of fused-ring (bicyclic) bond motifs is 1. The molecule has 0 aliphatic carbocycles. The molecule has 160 valence electrons. The number of rotatable bonds is 7. The van der Waals surface area contributed by atoms with Gasteiger partial charge in [-0.3, -0.25) is 19.3 Å². The molecule has 12 heteroatoms. The van der Waals surface area contributed by atoms with Gasteiger partial charge in [-0.1, -0.05) is 23.9 Å². The number of hydrogen-bond acceptors (Lipinski definition) is 9. The maximum Gasteiger partial charge on any atom is 0.333 e. The first-order chi connectivity index (χ1) is 14.3. The van der Waals surface area contributed by atoms with Crippen LogP contribution in [0, 0.1) is 0 Å². The van der Waals surface area contributed by atoms with Crippen LogP contribution in [0.1, 0.15) is 12.0 Å². The van der Waals surface area contributed by atoms with Gasteiger partial charge in [-0.05, 0) is 18.6 Å². The zero-order valence-corrected chi connectivity index (χ0v) is 17.6. The van der Waals surface area contributed by atoms with Gasteiger partial charge in [0.05, 0.1) is 35.5 Å². The number of aliphatic imine (C=N–C) groups is 1. The highest BCUT2D eigenvalue weighted by atomic mass is 32.2. The van der Waals surface area contributed by atoms with Gasteiger partial charge in [0.15, 0.2) is 0 Å². The Morgan fingerprint density at radius 3 is 2.87 bits per heavy atom. The molecule has 2 aliphatic heterocycles. The van der Waals surface area contributed by atoms with Crippen molar-refractivity contribution >= 4 is 45.5 Å². The molecule has 0 radical (unpaired) electrons. The Labute approximate surface area is 177 Å². The quantitative estimate of drug-likeness (QED) is 0.353. The Morgan fingerprint density at radius 1 is 1.33 bits per heavy atom. The lowest BCUT2D eigenvalue weighted by atomic mass is 10.2. The standard InChI is InChI=1S/C18H19N3O7S2/c1-27-16(23)9-15-21(14(22)11-29-15)7-4-8-28-17(24)10-19-18-12-5-2-3-6-13(12)30(25,26)20-18/h2-3,5-6,9H,4,7-8,10-11H2,1H3,(H,19,20)/b15-9+. The number of sulfonamides is 1. The first-order valence-electron chi connectivity index (χ1n) is 8.87. The van der Waals surface area contributed by atoms with Crippen molar-refractivity contribution in [2.45, 2.75) is 11.3 Å². The van der Waals surface area contributed by atoms with Gasteiger partial charge < -0.3 is 14.4 Å². The summed E-state index contributed by atoms with van der Waals surface area (Å²) in [6, 6.07) is 6.33. The number of amidine groups is 1. The van der Waals surface area contributed by atoms with Crippen molar-refractivity contribution in [3.63, 3.8) is 0 Å². The summed E-state index contributed by atoms with van der Waals surface area (Å²) >= 11 is 1.24. The highest BCUT2D eigenvalue weighted by Crippen LogP contribution is 2.28. The van der Waals surface area contributed by atoms with E-state index in [-0.39, 0.29) is 42.1 Å². The van der Waals surface area contributed by atoms with Crippen LogP contribution in [0.15, 0.2) is 45.3 Å². The van der Waals surface area contributed by atoms with E-state index in [1.807, 2.05) is 0 Å². The smallest absolute Gasteiger partial charge is 0.333 e. The average Bonchev–Trinajstić information content (AvgIpc) is 3.20. The van der Waals surface area contributed by atoms with Crippen molar-refractivity contribution in [3.8, 4) is 0 Å². The third kappa shape index (κ3) is 5.00. The molecule has 3 rings (SSSR count). The molecule has 1 N–H and O–H groups in total. The fourth-order valence-electron chi connectivity index (χ4n) is 2.78. The minimum atomic E-state index is -3.66. The van der Waals surface area contributed by atoms with E-state index in [0.29, 0.717) is 17.0 Å². The molecule has 1 aromatic rings. The molecule has 1 amide bonds. The van der Waals surface area contributed by atoms with E-state index < -0.39 is 22.0 Å². The molecule has 1 saturated heterocycles. The minimum Gasteiger partial charge on any atom is -0.466 e. The summed E-state index contributed by atoms with van der Waals surface area (Å²) in [5.74, 6) is -0.984. The van der Waals surface area contributed by atoms with Crippen molar-refractivity contribution < 1.29 is 32.3 Å². The second-order valence-corrected chi connectivity index (χ2v) is 8.83. The second-order valence-electron chi connectivity index (χ2n) is 6.18. The second kappa shape index (κ2) is 9.30. The van der Waals surface area contributed by atoms with Crippen molar-refractivity contribution in [3.05, 3.63) is 40.9 Å². The predicted octanol–water partition coefficient (Wildman–Crippen LogP) is 0.248. The summed E-state index contributed by atoms with van der Waals surface area (Å²) in [6.45, 7) is -0.0201. The van der Waals surface area contributed by atoms with Crippen molar-refractivity contribution in [2.24, 2.45) is 4.99 Å². The number of carbonyl (C=O) groups excluding carboxylic acids is 3. The summed E-state index contributed by atoms with van der Waals surface area (Å²) in [4.78, 5) is 40.8. The van der Waals surface area contributed by atoms with Crippen LogP contribution in [-0.2, 0) is 33.9 Å². The fraction of sp³-hybridized carbons (Fsp3) is 0.333. The van der Waals surface area contributed by atoms with Crippen LogP contribution in [0.5, 0.6) is 0 Å². The molecule has 0 bridgehead atoms. The van der Waals surface area contributed by atoms with Crippen LogP contribution in [-0.4, -0.2) is 69.6 Å². The molecule has 0 saturated carbocycles. The van der Waals surface area contributed by atoms with E-state index in [2.05, 4.69) is 14.5 Å². The maximum absolute atomic E-state index is 12.0. The van der Waals surface area contributed by atoms with Crippen LogP contribution in [0.4, 0.5) is 0 Å². The van der Waals surface area contributed by atoms with Gasteiger partial charge in [-0.15, -0.1) is 0 Å². The molecule has 0 atom stereocenters. The van der Waals surface area contributed by atoms with Gasteiger partial charge in [0.2, 0.25) is 5.91 Å². The molecule has 2 aliphatic rings. The number of nitrogens with one attached hydrogen (secondary N) is 1. The first-order valence-corrected chi connectivity index (χ1v) is 11.3. The number of carbonyl (C=O) groups is 3. The first kappa shape index (κ1) is 21.8. The summed E-state index contributed by atoms with van der Waals surface area (Å²) in [5.41, 5.74) is 0.403. The third-order valence-corrected chi connectivity index (χ3v) is 6.59. The Morgan fingerprint density at radius 2 is 2.10 bits per heavy atom. The number of hydrogen-bond donors (Lipinski definition) is 1. The van der Waals surface area contributed by atoms with Gasteiger partial charge in [-0.25, -0.2) is 13.2 Å². The van der Waals surface area contributed by atoms with Crippen molar-refractivity contribution in [1.29, 1.82) is 0 Å². The molecular formula is C18H19N3O7S2. The van der Waals surface area contributed by atoms with Gasteiger partial charge in [0, 0.05) is 12.1 Å². The highest BCUT2D eigenvalue weighted by molar-refractivity contribution is 8.04. The molecular weight excluding hydrogens is 434 g/mol. The maximum atomic E-state index is 12.0. The molecule has 10 nitrogen and oxygen atoms in total. The third-order valence-electron chi connectivity index (χ3n) is 4.17. The number of methoxy groups -OCH3 is 1. The Kier molecular flexibility index (Phi) is 6.77. The number of thioether (sulfide) groups is 1. The lowest BCUT2D eigenvalue weighted by molar-refractivity contribution is -0.142. The topological polar surface area (TPSA) is 131 Å². The minimum absolute atomic E-state index is 0.0476. The zero-order valence-electron chi connectivity index (χ0n) is 16.0. The van der Waals surface area contributed by atoms with Crippen LogP contribution >= 0.6 is 11.8 Å². The van der Waals surface area contributed by atoms with Gasteiger partial charge in [0.25, 0.3) is 10.0 Å². The Balaban J connectivity index is 1.48. The molecule has 0 unspecified atom stereocenters. The van der Waals surface area contributed by atoms with Crippen LogP contribution in [0.2, 0.25) is 0 Å². The normalized spacial score (nSPS) is 19.6. The molecule has 0 aromatic heterocycles. The number of esters is 2. The molecule has 2 heterocycles. The van der Waals surface area contributed by atoms with E-state index in [9.17, 15) is 22.8 Å². The van der Waals surface area contributed by atoms with E-state index >= 15 is 0 Å². The fourth-order valence-corrected chi connectivity index (χ4v) is 4.98. The Hall–Kier alpha value is -2.86. The zero-order chi connectivity index (χ0) is 21.7. The van der Waals surface area contributed by atoms with Crippen molar-refractivity contribution in [1.82, 2.24) is 9.62 Å². The highest BCUT2D eigenvalue weighted by Gasteiger charge is 2.30. The monoisotopic (exact) mass is 453 g/mol. The van der Waals surface area contributed by atoms with E-state index in [4.69, 9.17) is 4.74 Å². The number of ether oxygens (including phenoxy) is 2. The summed E-state index contributed by atoms with van der Waals surface area (Å²) < 4.78 is 36.0. The van der Waals surface area contributed by atoms with E-state index in [0.717, 1.165) is 0 Å². The lowest BCUT2D eigenvalue weighted by Gasteiger charge is -2.16. The van der Waals surface area contributed by atoms with Crippen molar-refractivity contribution in [2.75, 3.05) is 32.6 Å². The number of amides is 1. The van der Waals surface area contributed by atoms with E-state index in [1.165, 1.54) is 35.9 Å². The lowest BCUT2D eigenvalue weighted by Crippen LogP contribution is -2.27. The van der Waals surface area contributed by atoms with E-state index in [1.54, 1.807) is 18.2 Å². The summed E-state index contributed by atoms with van der Waals surface area (Å²) in [6.07, 6.45) is 1.61.